The van der Waals surface area contributed by atoms with Gasteiger partial charge >= 0.3 is 0 Å². The van der Waals surface area contributed by atoms with E-state index in [9.17, 15) is 13.5 Å². The zero-order valence-corrected chi connectivity index (χ0v) is 12.7. The van der Waals surface area contributed by atoms with Crippen LogP contribution in [0.4, 0.5) is 5.69 Å². The van der Waals surface area contributed by atoms with Crippen molar-refractivity contribution in [1.82, 2.24) is 4.72 Å². The van der Waals surface area contributed by atoms with Crippen LogP contribution < -0.4 is 9.62 Å². The molecule has 0 unspecified atom stereocenters. The molecule has 2 rings (SSSR count). The number of para-hydroxylation sites is 1. The first kappa shape index (κ1) is 15.3. The maximum atomic E-state index is 12.4. The van der Waals surface area contributed by atoms with Crippen LogP contribution in [0.5, 0.6) is 0 Å². The summed E-state index contributed by atoms with van der Waals surface area (Å²) in [4.78, 5) is 2.34. The number of nitrogens with one attached hydrogen (secondary N) is 1. The molecule has 1 fully saturated rings. The Morgan fingerprint density at radius 3 is 2.45 bits per heavy atom. The van der Waals surface area contributed by atoms with Crippen molar-refractivity contribution in [3.63, 3.8) is 0 Å². The molecule has 5 nitrogen and oxygen atoms in total. The third kappa shape index (κ3) is 3.50. The topological polar surface area (TPSA) is 69.6 Å². The van der Waals surface area contributed by atoms with E-state index in [0.717, 1.165) is 0 Å². The van der Waals surface area contributed by atoms with Gasteiger partial charge in [0, 0.05) is 19.1 Å². The highest BCUT2D eigenvalue weighted by Crippen LogP contribution is 2.27. The van der Waals surface area contributed by atoms with Gasteiger partial charge in [0.1, 0.15) is 4.90 Å². The molecule has 1 heterocycles. The second-order valence-electron chi connectivity index (χ2n) is 5.46. The van der Waals surface area contributed by atoms with Gasteiger partial charge in [-0.1, -0.05) is 12.1 Å². The van der Waals surface area contributed by atoms with Crippen molar-refractivity contribution in [1.29, 1.82) is 0 Å². The van der Waals surface area contributed by atoms with Gasteiger partial charge < -0.3 is 10.0 Å². The van der Waals surface area contributed by atoms with Crippen LogP contribution in [0, 0.1) is 0 Å². The lowest BCUT2D eigenvalue weighted by Crippen LogP contribution is -2.38. The summed E-state index contributed by atoms with van der Waals surface area (Å²) >= 11 is 0. The van der Waals surface area contributed by atoms with E-state index in [1.165, 1.54) is 0 Å². The molecule has 1 aromatic rings. The summed E-state index contributed by atoms with van der Waals surface area (Å²) in [5.41, 5.74) is 0.715. The second kappa shape index (κ2) is 6.11. The van der Waals surface area contributed by atoms with Gasteiger partial charge in [0.15, 0.2) is 0 Å². The van der Waals surface area contributed by atoms with Crippen molar-refractivity contribution in [2.45, 2.75) is 43.7 Å². The second-order valence-corrected chi connectivity index (χ2v) is 7.14. The molecule has 0 aromatic heterocycles. The normalized spacial score (nSPS) is 17.7. The smallest absolute Gasteiger partial charge is 0.242 e. The Morgan fingerprint density at radius 2 is 1.85 bits per heavy atom. The first-order chi connectivity index (χ1) is 9.40. The van der Waals surface area contributed by atoms with Crippen LogP contribution in [0.25, 0.3) is 0 Å². The van der Waals surface area contributed by atoms with Gasteiger partial charge in [-0.2, -0.15) is 0 Å². The van der Waals surface area contributed by atoms with Crippen molar-refractivity contribution >= 4 is 15.7 Å². The number of rotatable bonds is 4. The van der Waals surface area contributed by atoms with Crippen LogP contribution in [0.3, 0.4) is 0 Å². The van der Waals surface area contributed by atoms with Crippen LogP contribution in [0.1, 0.15) is 26.7 Å². The van der Waals surface area contributed by atoms with E-state index < -0.39 is 10.0 Å². The van der Waals surface area contributed by atoms with Gasteiger partial charge in [-0.05, 0) is 38.8 Å². The maximum Gasteiger partial charge on any atom is 0.242 e. The number of sulfonamides is 1. The maximum absolute atomic E-state index is 12.4. The van der Waals surface area contributed by atoms with Crippen LogP contribution >= 0.6 is 0 Å². The molecule has 1 aliphatic heterocycles. The van der Waals surface area contributed by atoms with Gasteiger partial charge in [-0.3, -0.25) is 0 Å². The Kier molecular flexibility index (Phi) is 4.67. The fourth-order valence-corrected chi connectivity index (χ4v) is 3.90. The summed E-state index contributed by atoms with van der Waals surface area (Å²) in [6.07, 6.45) is 1.07. The molecule has 0 spiro atoms. The molecule has 0 amide bonds. The van der Waals surface area contributed by atoms with Gasteiger partial charge in [0.2, 0.25) is 10.0 Å². The van der Waals surface area contributed by atoms with Gasteiger partial charge in [-0.25, -0.2) is 13.1 Å². The number of aliphatic hydroxyl groups is 1. The van der Waals surface area contributed by atoms with Crippen molar-refractivity contribution in [3.05, 3.63) is 24.3 Å². The Balaban J connectivity index is 2.31. The van der Waals surface area contributed by atoms with E-state index in [2.05, 4.69) is 4.72 Å². The molecule has 6 heteroatoms. The summed E-state index contributed by atoms with van der Waals surface area (Å²) in [7, 11) is -3.51. The molecule has 0 atom stereocenters. The number of nitrogens with zero attached hydrogens (tertiary/aromatic N) is 1. The first-order valence-electron chi connectivity index (χ1n) is 6.94. The summed E-state index contributed by atoms with van der Waals surface area (Å²) < 4.78 is 27.4. The van der Waals surface area contributed by atoms with E-state index in [1.807, 2.05) is 17.0 Å². The molecular formula is C14H22N2O3S. The fraction of sp³-hybridized carbons (Fsp3) is 0.571. The molecule has 2 N–H and O–H groups in total. The highest BCUT2D eigenvalue weighted by atomic mass is 32.2. The highest BCUT2D eigenvalue weighted by Gasteiger charge is 2.24. The summed E-state index contributed by atoms with van der Waals surface area (Å²) in [6, 6.07) is 6.89. The highest BCUT2D eigenvalue weighted by molar-refractivity contribution is 7.89. The Labute approximate surface area is 120 Å². The van der Waals surface area contributed by atoms with E-state index in [1.54, 1.807) is 26.0 Å². The van der Waals surface area contributed by atoms with E-state index in [4.69, 9.17) is 0 Å². The predicted molar refractivity (Wildman–Crippen MR) is 79.4 cm³/mol. The van der Waals surface area contributed by atoms with Crippen molar-refractivity contribution in [2.75, 3.05) is 18.0 Å². The molecule has 1 aromatic carbocycles. The third-order valence-electron chi connectivity index (χ3n) is 3.35. The van der Waals surface area contributed by atoms with E-state index >= 15 is 0 Å². The van der Waals surface area contributed by atoms with Crippen molar-refractivity contribution < 1.29 is 13.5 Å². The fourth-order valence-electron chi connectivity index (χ4n) is 2.43. The quantitative estimate of drug-likeness (QED) is 0.880. The number of hydrogen-bond donors (Lipinski definition) is 2. The lowest BCUT2D eigenvalue weighted by molar-refractivity contribution is 0.145. The van der Waals surface area contributed by atoms with Crippen molar-refractivity contribution in [2.24, 2.45) is 0 Å². The number of hydrogen-bond acceptors (Lipinski definition) is 4. The minimum absolute atomic E-state index is 0.142. The summed E-state index contributed by atoms with van der Waals surface area (Å²) in [5, 5.41) is 9.56. The predicted octanol–water partition coefficient (Wildman–Crippen LogP) is 1.33. The molecule has 20 heavy (non-hydrogen) atoms. The summed E-state index contributed by atoms with van der Waals surface area (Å²) in [6.45, 7) is 4.96. The zero-order chi connectivity index (χ0) is 14.8. The van der Waals surface area contributed by atoms with Crippen LogP contribution in [0.2, 0.25) is 0 Å². The largest absolute Gasteiger partial charge is 0.393 e. The molecule has 0 saturated carbocycles. The van der Waals surface area contributed by atoms with Gasteiger partial charge in [0.05, 0.1) is 11.8 Å². The number of aliphatic hydroxyl groups excluding tert-OH is 1. The monoisotopic (exact) mass is 298 g/mol. The third-order valence-corrected chi connectivity index (χ3v) is 5.06. The first-order valence-corrected chi connectivity index (χ1v) is 8.43. The molecule has 1 saturated heterocycles. The van der Waals surface area contributed by atoms with Crippen LogP contribution in [0.15, 0.2) is 29.2 Å². The molecule has 0 aliphatic carbocycles. The van der Waals surface area contributed by atoms with Crippen LogP contribution in [-0.4, -0.2) is 38.8 Å². The lowest BCUT2D eigenvalue weighted by Gasteiger charge is -2.32. The number of anilines is 1. The SMILES string of the molecule is CC(C)NS(=O)(=O)c1ccccc1N1CCC(O)CC1. The Hall–Kier alpha value is -1.11. The molecule has 1 aliphatic rings. The van der Waals surface area contributed by atoms with E-state index in [-0.39, 0.29) is 12.1 Å². The van der Waals surface area contributed by atoms with Gasteiger partial charge in [-0.15, -0.1) is 0 Å². The Morgan fingerprint density at radius 1 is 1.25 bits per heavy atom. The van der Waals surface area contributed by atoms with Crippen molar-refractivity contribution in [3.8, 4) is 0 Å². The standard InChI is InChI=1S/C14H22N2O3S/c1-11(2)15-20(18,19)14-6-4-3-5-13(14)16-9-7-12(17)8-10-16/h3-6,11-12,15,17H,7-10H2,1-2H3. The average Bonchev–Trinajstić information content (AvgIpc) is 2.38. The average molecular weight is 298 g/mol. The molecular weight excluding hydrogens is 276 g/mol. The molecule has 0 radical (unpaired) electrons. The minimum Gasteiger partial charge on any atom is -0.393 e. The lowest BCUT2D eigenvalue weighted by atomic mass is 10.1. The molecule has 112 valence electrons. The Bertz CT molecular complexity index is 549. The van der Waals surface area contributed by atoms with Gasteiger partial charge in [0.25, 0.3) is 0 Å². The number of piperidine rings is 1. The minimum atomic E-state index is -3.51. The van der Waals surface area contributed by atoms with E-state index in [0.29, 0.717) is 36.5 Å². The molecule has 0 bridgehead atoms. The zero-order valence-electron chi connectivity index (χ0n) is 11.9. The summed E-state index contributed by atoms with van der Waals surface area (Å²) in [5.74, 6) is 0. The number of benzene rings is 1. The van der Waals surface area contributed by atoms with Crippen LogP contribution in [-0.2, 0) is 10.0 Å².